The summed E-state index contributed by atoms with van der Waals surface area (Å²) in [5.74, 6) is -0.234. The van der Waals surface area contributed by atoms with Gasteiger partial charge in [-0.15, -0.1) is 0 Å². The molecular formula is C10H21N3O2. The molecule has 88 valence electrons. The average molecular weight is 215 g/mol. The fourth-order valence-electron chi connectivity index (χ4n) is 1.07. The first kappa shape index (κ1) is 13.9. The summed E-state index contributed by atoms with van der Waals surface area (Å²) < 4.78 is 0. The fraction of sp³-hybridized carbons (Fsp3) is 0.800. The van der Waals surface area contributed by atoms with Gasteiger partial charge in [-0.25, -0.2) is 0 Å². The number of nitrogens with zero attached hydrogens (tertiary/aromatic N) is 1. The molecule has 0 unspecified atom stereocenters. The van der Waals surface area contributed by atoms with E-state index in [0.717, 1.165) is 6.54 Å². The Labute approximate surface area is 91.2 Å². The van der Waals surface area contributed by atoms with Crippen molar-refractivity contribution < 1.29 is 9.59 Å². The van der Waals surface area contributed by atoms with Crippen LogP contribution in [-0.4, -0.2) is 49.4 Å². The zero-order valence-electron chi connectivity index (χ0n) is 9.96. The smallest absolute Gasteiger partial charge is 0.239 e. The number of carbonyl (C=O) groups excluding carboxylic acids is 2. The summed E-state index contributed by atoms with van der Waals surface area (Å²) in [7, 11) is 1.61. The van der Waals surface area contributed by atoms with E-state index in [2.05, 4.69) is 10.6 Å². The van der Waals surface area contributed by atoms with E-state index >= 15 is 0 Å². The van der Waals surface area contributed by atoms with Crippen LogP contribution in [0.25, 0.3) is 0 Å². The van der Waals surface area contributed by atoms with Crippen LogP contribution in [0.4, 0.5) is 0 Å². The van der Waals surface area contributed by atoms with Gasteiger partial charge in [0.05, 0.1) is 6.54 Å². The van der Waals surface area contributed by atoms with Crippen molar-refractivity contribution in [3.05, 3.63) is 0 Å². The number of nitrogens with one attached hydrogen (secondary N) is 2. The molecule has 0 bridgehead atoms. The summed E-state index contributed by atoms with van der Waals surface area (Å²) in [6.07, 6.45) is 0. The van der Waals surface area contributed by atoms with Gasteiger partial charge >= 0.3 is 0 Å². The second-order valence-electron chi connectivity index (χ2n) is 3.64. The van der Waals surface area contributed by atoms with Crippen molar-refractivity contribution in [1.29, 1.82) is 0 Å². The molecule has 15 heavy (non-hydrogen) atoms. The summed E-state index contributed by atoms with van der Waals surface area (Å²) >= 11 is 0. The van der Waals surface area contributed by atoms with Gasteiger partial charge in [0.25, 0.3) is 0 Å². The molecule has 0 fully saturated rings. The third kappa shape index (κ3) is 6.90. The normalized spacial score (nSPS) is 12.0. The highest BCUT2D eigenvalue weighted by Gasteiger charge is 2.09. The summed E-state index contributed by atoms with van der Waals surface area (Å²) in [5.41, 5.74) is 0. The average Bonchev–Trinajstić information content (AvgIpc) is 2.15. The Kier molecular flexibility index (Phi) is 6.70. The Bertz CT molecular complexity index is 219. The number of hydrogen-bond acceptors (Lipinski definition) is 3. The van der Waals surface area contributed by atoms with E-state index in [0.29, 0.717) is 6.54 Å². The van der Waals surface area contributed by atoms with Crippen LogP contribution in [-0.2, 0) is 9.59 Å². The lowest BCUT2D eigenvalue weighted by atomic mass is 10.3. The molecule has 0 aliphatic rings. The molecule has 0 aromatic heterocycles. The van der Waals surface area contributed by atoms with Crippen LogP contribution in [0.2, 0.25) is 0 Å². The molecule has 0 saturated carbocycles. The molecule has 0 radical (unpaired) electrons. The lowest BCUT2D eigenvalue weighted by molar-refractivity contribution is -0.133. The highest BCUT2D eigenvalue weighted by atomic mass is 16.2. The molecule has 0 spiro atoms. The van der Waals surface area contributed by atoms with Gasteiger partial charge in [-0.1, -0.05) is 6.92 Å². The van der Waals surface area contributed by atoms with E-state index in [1.54, 1.807) is 7.05 Å². The van der Waals surface area contributed by atoms with E-state index in [-0.39, 0.29) is 24.4 Å². The molecule has 0 aromatic rings. The molecule has 2 N–H and O–H groups in total. The molecule has 5 nitrogen and oxygen atoms in total. The minimum absolute atomic E-state index is 0.107. The minimum atomic E-state index is -0.127. The molecule has 2 amide bonds. The molecule has 0 heterocycles. The third-order valence-electron chi connectivity index (χ3n) is 2.08. The second kappa shape index (κ2) is 7.23. The lowest BCUT2D eigenvalue weighted by Gasteiger charge is -2.16. The number of amides is 2. The SMILES string of the molecule is CCN[C@H](C)CNC(=O)CN(C)C(C)=O. The number of rotatable bonds is 6. The third-order valence-corrected chi connectivity index (χ3v) is 2.08. The predicted molar refractivity (Wildman–Crippen MR) is 59.5 cm³/mol. The summed E-state index contributed by atoms with van der Waals surface area (Å²) in [6.45, 7) is 7.03. The van der Waals surface area contributed by atoms with Crippen LogP contribution < -0.4 is 10.6 Å². The molecule has 1 atom stereocenters. The van der Waals surface area contributed by atoms with Crippen molar-refractivity contribution in [3.8, 4) is 0 Å². The van der Waals surface area contributed by atoms with Gasteiger partial charge in [0.2, 0.25) is 11.8 Å². The zero-order chi connectivity index (χ0) is 11.8. The van der Waals surface area contributed by atoms with Gasteiger partial charge in [-0.3, -0.25) is 9.59 Å². The van der Waals surface area contributed by atoms with Crippen LogP contribution in [0.5, 0.6) is 0 Å². The van der Waals surface area contributed by atoms with Crippen molar-refractivity contribution in [3.63, 3.8) is 0 Å². The molecule has 0 aliphatic heterocycles. The zero-order valence-corrected chi connectivity index (χ0v) is 9.96. The second-order valence-corrected chi connectivity index (χ2v) is 3.64. The summed E-state index contributed by atoms with van der Waals surface area (Å²) in [5, 5.41) is 5.94. The van der Waals surface area contributed by atoms with Crippen molar-refractivity contribution >= 4 is 11.8 Å². The Morgan fingerprint density at radius 3 is 2.47 bits per heavy atom. The first-order valence-corrected chi connectivity index (χ1v) is 5.19. The standard InChI is InChI=1S/C10H21N3O2/c1-5-11-8(2)6-12-10(15)7-13(4)9(3)14/h8,11H,5-7H2,1-4H3,(H,12,15)/t8-/m1/s1. The quantitative estimate of drug-likeness (QED) is 0.632. The van der Waals surface area contributed by atoms with Crippen LogP contribution in [0.1, 0.15) is 20.8 Å². The van der Waals surface area contributed by atoms with Gasteiger partial charge in [0.15, 0.2) is 0 Å². The summed E-state index contributed by atoms with van der Waals surface area (Å²) in [4.78, 5) is 23.6. The lowest BCUT2D eigenvalue weighted by Crippen LogP contribution is -2.43. The molecule has 0 saturated heterocycles. The molecule has 5 heteroatoms. The first-order chi connectivity index (χ1) is 6.97. The van der Waals surface area contributed by atoms with E-state index in [1.165, 1.54) is 11.8 Å². The maximum absolute atomic E-state index is 11.3. The molecule has 0 aromatic carbocycles. The number of likely N-dealkylation sites (N-methyl/N-ethyl adjacent to an activating group) is 2. The van der Waals surface area contributed by atoms with Gasteiger partial charge in [0, 0.05) is 26.6 Å². The largest absolute Gasteiger partial charge is 0.353 e. The summed E-state index contributed by atoms with van der Waals surface area (Å²) in [6, 6.07) is 0.251. The Balaban J connectivity index is 3.70. The van der Waals surface area contributed by atoms with Crippen molar-refractivity contribution in [2.45, 2.75) is 26.8 Å². The topological polar surface area (TPSA) is 61.4 Å². The first-order valence-electron chi connectivity index (χ1n) is 5.19. The van der Waals surface area contributed by atoms with Crippen molar-refractivity contribution in [2.75, 3.05) is 26.7 Å². The predicted octanol–water partition coefficient (Wildman–Crippen LogP) is -0.421. The van der Waals surface area contributed by atoms with Crippen LogP contribution in [0, 0.1) is 0 Å². The highest BCUT2D eigenvalue weighted by molar-refractivity contribution is 5.83. The van der Waals surface area contributed by atoms with Crippen LogP contribution in [0.15, 0.2) is 0 Å². The van der Waals surface area contributed by atoms with E-state index in [4.69, 9.17) is 0 Å². The van der Waals surface area contributed by atoms with Crippen molar-refractivity contribution in [1.82, 2.24) is 15.5 Å². The maximum atomic E-state index is 11.3. The Morgan fingerprint density at radius 2 is 2.00 bits per heavy atom. The van der Waals surface area contributed by atoms with Gasteiger partial charge in [0.1, 0.15) is 0 Å². The molecular weight excluding hydrogens is 194 g/mol. The van der Waals surface area contributed by atoms with Crippen molar-refractivity contribution in [2.24, 2.45) is 0 Å². The van der Waals surface area contributed by atoms with E-state index in [1.807, 2.05) is 13.8 Å². The minimum Gasteiger partial charge on any atom is -0.353 e. The molecule has 0 rings (SSSR count). The fourth-order valence-corrected chi connectivity index (χ4v) is 1.07. The molecule has 0 aliphatic carbocycles. The van der Waals surface area contributed by atoms with Crippen LogP contribution >= 0.6 is 0 Å². The van der Waals surface area contributed by atoms with Gasteiger partial charge in [-0.05, 0) is 13.5 Å². The van der Waals surface area contributed by atoms with Crippen LogP contribution in [0.3, 0.4) is 0 Å². The monoisotopic (exact) mass is 215 g/mol. The van der Waals surface area contributed by atoms with Gasteiger partial charge < -0.3 is 15.5 Å². The number of carbonyl (C=O) groups is 2. The highest BCUT2D eigenvalue weighted by Crippen LogP contribution is 1.84. The van der Waals surface area contributed by atoms with E-state index < -0.39 is 0 Å². The number of hydrogen-bond donors (Lipinski definition) is 2. The van der Waals surface area contributed by atoms with E-state index in [9.17, 15) is 9.59 Å². The Morgan fingerprint density at radius 1 is 1.40 bits per heavy atom. The van der Waals surface area contributed by atoms with Gasteiger partial charge in [-0.2, -0.15) is 0 Å². The maximum Gasteiger partial charge on any atom is 0.239 e. The Hall–Kier alpha value is -1.10.